The van der Waals surface area contributed by atoms with Gasteiger partial charge in [-0.1, -0.05) is 0 Å². The summed E-state index contributed by atoms with van der Waals surface area (Å²) in [5.41, 5.74) is 7.26. The number of hydrogen-bond acceptors (Lipinski definition) is 7. The summed E-state index contributed by atoms with van der Waals surface area (Å²) in [7, 11) is 0. The average molecular weight is 489 g/mol. The van der Waals surface area contributed by atoms with Crippen LogP contribution >= 0.6 is 11.3 Å². The van der Waals surface area contributed by atoms with Gasteiger partial charge in [-0.05, 0) is 60.9 Å². The van der Waals surface area contributed by atoms with Crippen molar-refractivity contribution in [2.24, 2.45) is 15.8 Å². The van der Waals surface area contributed by atoms with Crippen LogP contribution in [-0.2, 0) is 4.74 Å². The molecule has 0 radical (unpaired) electrons. The topological polar surface area (TPSA) is 111 Å². The Morgan fingerprint density at radius 3 is 2.79 bits per heavy atom. The van der Waals surface area contributed by atoms with Gasteiger partial charge in [-0.3, -0.25) is 9.79 Å². The van der Waals surface area contributed by atoms with Crippen LogP contribution in [0, 0.1) is 0 Å². The number of aromatic hydroxyl groups is 1. The molecule has 0 bridgehead atoms. The minimum Gasteiger partial charge on any atom is -0.507 e. The van der Waals surface area contributed by atoms with Crippen molar-refractivity contribution in [3.63, 3.8) is 0 Å². The second-order valence-corrected chi connectivity index (χ2v) is 8.32. The maximum absolute atomic E-state index is 12.4. The van der Waals surface area contributed by atoms with Crippen molar-refractivity contribution in [3.8, 4) is 22.8 Å². The maximum Gasteiger partial charge on any atom is 0.387 e. The van der Waals surface area contributed by atoms with E-state index in [9.17, 15) is 18.7 Å². The fourth-order valence-corrected chi connectivity index (χ4v) is 4.29. The van der Waals surface area contributed by atoms with Crippen LogP contribution < -0.4 is 15.3 Å². The van der Waals surface area contributed by atoms with Crippen LogP contribution in [0.4, 0.5) is 8.78 Å². The molecule has 11 heteroatoms. The SMILES string of the molecule is NC(=O)c1cc(-c2csc(=NC[C@@H]3CCCO3)n2/N=C\c2ccc(OC(F)F)cc2)ccc1O. The van der Waals surface area contributed by atoms with Gasteiger partial charge in [0.15, 0.2) is 0 Å². The third kappa shape index (κ3) is 5.67. The average Bonchev–Trinajstić information content (AvgIpc) is 3.47. The summed E-state index contributed by atoms with van der Waals surface area (Å²) < 4.78 is 36.4. The number of thiazole rings is 1. The molecule has 1 fully saturated rings. The summed E-state index contributed by atoms with van der Waals surface area (Å²) in [6.07, 6.45) is 3.56. The molecule has 0 aliphatic carbocycles. The third-order valence-corrected chi connectivity index (χ3v) is 5.98. The summed E-state index contributed by atoms with van der Waals surface area (Å²) >= 11 is 1.36. The Morgan fingerprint density at radius 2 is 2.12 bits per heavy atom. The number of hydrogen-bond donors (Lipinski definition) is 2. The minimum absolute atomic E-state index is 0.00769. The number of amides is 1. The molecular formula is C23H22F2N4O4S. The van der Waals surface area contributed by atoms with E-state index in [0.29, 0.717) is 28.2 Å². The Labute approximate surface area is 197 Å². The molecule has 4 rings (SSSR count). The molecule has 2 heterocycles. The predicted octanol–water partition coefficient (Wildman–Crippen LogP) is 3.58. The normalized spacial score (nSPS) is 16.6. The lowest BCUT2D eigenvalue weighted by Gasteiger charge is -2.08. The van der Waals surface area contributed by atoms with Crippen molar-refractivity contribution in [2.75, 3.05) is 13.2 Å². The van der Waals surface area contributed by atoms with Gasteiger partial charge < -0.3 is 20.3 Å². The molecule has 8 nitrogen and oxygen atoms in total. The van der Waals surface area contributed by atoms with E-state index in [4.69, 9.17) is 10.5 Å². The number of ether oxygens (including phenoxy) is 2. The summed E-state index contributed by atoms with van der Waals surface area (Å²) in [6.45, 7) is -1.69. The Bertz CT molecular complexity index is 1250. The van der Waals surface area contributed by atoms with Crippen molar-refractivity contribution in [2.45, 2.75) is 25.6 Å². The zero-order valence-electron chi connectivity index (χ0n) is 17.9. The van der Waals surface area contributed by atoms with Crippen LogP contribution in [-0.4, -0.2) is 47.8 Å². The second-order valence-electron chi connectivity index (χ2n) is 7.48. The first-order valence-electron chi connectivity index (χ1n) is 10.5. The van der Waals surface area contributed by atoms with E-state index in [0.717, 1.165) is 19.4 Å². The van der Waals surface area contributed by atoms with E-state index >= 15 is 0 Å². The molecule has 1 aliphatic rings. The highest BCUT2D eigenvalue weighted by Gasteiger charge is 2.16. The van der Waals surface area contributed by atoms with Gasteiger partial charge in [0, 0.05) is 17.6 Å². The zero-order chi connectivity index (χ0) is 24.1. The van der Waals surface area contributed by atoms with Crippen LogP contribution in [0.3, 0.4) is 0 Å². The summed E-state index contributed by atoms with van der Waals surface area (Å²) in [6, 6.07) is 10.6. The van der Waals surface area contributed by atoms with Crippen molar-refractivity contribution in [1.82, 2.24) is 4.68 Å². The maximum atomic E-state index is 12.4. The largest absolute Gasteiger partial charge is 0.507 e. The van der Waals surface area contributed by atoms with E-state index in [-0.39, 0.29) is 23.2 Å². The van der Waals surface area contributed by atoms with Crippen LogP contribution in [0.1, 0.15) is 28.8 Å². The number of nitrogens with zero attached hydrogens (tertiary/aromatic N) is 3. The number of phenols is 1. The molecule has 1 saturated heterocycles. The van der Waals surface area contributed by atoms with Crippen LogP contribution in [0.15, 0.2) is 57.9 Å². The van der Waals surface area contributed by atoms with Gasteiger partial charge in [-0.2, -0.15) is 13.9 Å². The minimum atomic E-state index is -2.90. The number of carbonyl (C=O) groups excluding carboxylic acids is 1. The lowest BCUT2D eigenvalue weighted by atomic mass is 10.1. The second kappa shape index (κ2) is 10.6. The summed E-state index contributed by atoms with van der Waals surface area (Å²) in [4.78, 5) is 17.0. The molecule has 0 saturated carbocycles. The van der Waals surface area contributed by atoms with Gasteiger partial charge in [0.2, 0.25) is 4.80 Å². The van der Waals surface area contributed by atoms with Crippen molar-refractivity contribution in [3.05, 3.63) is 63.8 Å². The molecule has 1 aromatic heterocycles. The van der Waals surface area contributed by atoms with Gasteiger partial charge in [-0.15, -0.1) is 11.3 Å². The highest BCUT2D eigenvalue weighted by atomic mass is 32.1. The lowest BCUT2D eigenvalue weighted by Crippen LogP contribution is -2.17. The number of carbonyl (C=O) groups is 1. The van der Waals surface area contributed by atoms with Crippen LogP contribution in [0.25, 0.3) is 11.3 Å². The lowest BCUT2D eigenvalue weighted by molar-refractivity contribution is -0.0498. The van der Waals surface area contributed by atoms with Gasteiger partial charge in [0.05, 0.1) is 30.1 Å². The summed E-state index contributed by atoms with van der Waals surface area (Å²) in [5.74, 6) is -0.915. The highest BCUT2D eigenvalue weighted by Crippen LogP contribution is 2.26. The van der Waals surface area contributed by atoms with E-state index in [2.05, 4.69) is 14.8 Å². The fraction of sp³-hybridized carbons (Fsp3) is 0.261. The highest BCUT2D eigenvalue weighted by molar-refractivity contribution is 7.07. The number of primary amides is 1. The molecule has 34 heavy (non-hydrogen) atoms. The quantitative estimate of drug-likeness (QED) is 0.472. The molecular weight excluding hydrogens is 466 g/mol. The Hall–Kier alpha value is -3.57. The van der Waals surface area contributed by atoms with E-state index in [1.165, 1.54) is 35.6 Å². The van der Waals surface area contributed by atoms with Gasteiger partial charge in [-0.25, -0.2) is 4.68 Å². The van der Waals surface area contributed by atoms with E-state index < -0.39 is 12.5 Å². The number of halogens is 2. The molecule has 1 amide bonds. The van der Waals surface area contributed by atoms with Crippen molar-refractivity contribution >= 4 is 23.5 Å². The summed E-state index contributed by atoms with van der Waals surface area (Å²) in [5, 5.41) is 16.3. The first-order chi connectivity index (χ1) is 16.4. The Balaban J connectivity index is 1.70. The molecule has 0 unspecified atom stereocenters. The first kappa shape index (κ1) is 23.6. The molecule has 2 aromatic carbocycles. The van der Waals surface area contributed by atoms with Gasteiger partial charge in [0.25, 0.3) is 5.91 Å². The molecule has 1 aliphatic heterocycles. The molecule has 3 aromatic rings. The Kier molecular flexibility index (Phi) is 7.33. The molecule has 0 spiro atoms. The van der Waals surface area contributed by atoms with Crippen LogP contribution in [0.2, 0.25) is 0 Å². The number of rotatable bonds is 8. The smallest absolute Gasteiger partial charge is 0.387 e. The van der Waals surface area contributed by atoms with Crippen LogP contribution in [0.5, 0.6) is 11.5 Å². The molecule has 1 atom stereocenters. The number of nitrogens with two attached hydrogens (primary N) is 1. The van der Waals surface area contributed by atoms with E-state index in [1.807, 2.05) is 5.38 Å². The monoisotopic (exact) mass is 488 g/mol. The van der Waals surface area contributed by atoms with E-state index in [1.54, 1.807) is 29.1 Å². The van der Waals surface area contributed by atoms with Crippen molar-refractivity contribution < 1.29 is 28.2 Å². The standard InChI is InChI=1S/C23H22F2N4O4S/c24-22(25)33-16-6-3-14(4-7-16)11-28-29-19(15-5-8-20(30)18(10-15)21(26)31)13-34-23(29)27-12-17-2-1-9-32-17/h3-8,10-11,13,17,22,30H,1-2,9,12H2,(H2,26,31)/b27-23?,28-11-/t17-/m0/s1. The number of aromatic nitrogens is 1. The first-order valence-corrected chi connectivity index (χ1v) is 11.3. The number of alkyl halides is 2. The number of benzene rings is 2. The Morgan fingerprint density at radius 1 is 1.32 bits per heavy atom. The molecule has 3 N–H and O–H groups in total. The third-order valence-electron chi connectivity index (χ3n) is 5.12. The van der Waals surface area contributed by atoms with Crippen molar-refractivity contribution in [1.29, 1.82) is 0 Å². The fourth-order valence-electron chi connectivity index (χ4n) is 3.44. The molecule has 178 valence electrons. The van der Waals surface area contributed by atoms with Gasteiger partial charge >= 0.3 is 6.61 Å². The van der Waals surface area contributed by atoms with Gasteiger partial charge in [0.1, 0.15) is 11.5 Å². The predicted molar refractivity (Wildman–Crippen MR) is 123 cm³/mol. The zero-order valence-corrected chi connectivity index (χ0v) is 18.8.